The highest BCUT2D eigenvalue weighted by Gasteiger charge is 2.28. The van der Waals surface area contributed by atoms with Gasteiger partial charge in [0.1, 0.15) is 0 Å². The Hall–Kier alpha value is -0.920. The fourth-order valence-electron chi connectivity index (χ4n) is 3.90. The minimum Gasteiger partial charge on any atom is -0.375 e. The first-order chi connectivity index (χ1) is 9.64. The molecule has 2 aliphatic heterocycles. The molecular formula is C18H30N2. The highest BCUT2D eigenvalue weighted by Crippen LogP contribution is 2.37. The van der Waals surface area contributed by atoms with Crippen molar-refractivity contribution >= 4 is 0 Å². The lowest BCUT2D eigenvalue weighted by atomic mass is 9.82. The molecule has 2 fully saturated rings. The molecule has 2 saturated heterocycles. The van der Waals surface area contributed by atoms with Crippen LogP contribution in [0.5, 0.6) is 0 Å². The Balaban J connectivity index is 1.79. The minimum atomic E-state index is 0.314. The van der Waals surface area contributed by atoms with E-state index in [2.05, 4.69) is 35.8 Å². The van der Waals surface area contributed by atoms with E-state index in [1.807, 2.05) is 0 Å². The molecule has 0 atom stereocenters. The van der Waals surface area contributed by atoms with Crippen LogP contribution in [0, 0.1) is 5.41 Å². The van der Waals surface area contributed by atoms with Gasteiger partial charge in [0.2, 0.25) is 0 Å². The summed E-state index contributed by atoms with van der Waals surface area (Å²) >= 11 is 0. The van der Waals surface area contributed by atoms with Crippen molar-refractivity contribution in [1.29, 1.82) is 0 Å². The number of nitrogens with zero attached hydrogens (tertiary/aromatic N) is 2. The van der Waals surface area contributed by atoms with Crippen molar-refractivity contribution in [2.45, 2.75) is 58.8 Å². The van der Waals surface area contributed by atoms with Gasteiger partial charge in [-0.05, 0) is 56.4 Å². The van der Waals surface area contributed by atoms with Gasteiger partial charge in [0.05, 0.1) is 0 Å². The van der Waals surface area contributed by atoms with Gasteiger partial charge in [-0.2, -0.15) is 0 Å². The lowest BCUT2D eigenvalue weighted by molar-refractivity contribution is 0.243. The molecule has 3 aliphatic rings. The number of allylic oxidation sites excluding steroid dienone is 3. The van der Waals surface area contributed by atoms with Gasteiger partial charge in [-0.1, -0.05) is 19.9 Å². The Labute approximate surface area is 124 Å². The summed E-state index contributed by atoms with van der Waals surface area (Å²) in [5, 5.41) is 0. The molecule has 2 heterocycles. The predicted molar refractivity (Wildman–Crippen MR) is 85.4 cm³/mol. The molecule has 0 aromatic heterocycles. The number of hydrogen-bond acceptors (Lipinski definition) is 2. The zero-order valence-corrected chi connectivity index (χ0v) is 13.3. The van der Waals surface area contributed by atoms with E-state index < -0.39 is 0 Å². The van der Waals surface area contributed by atoms with E-state index in [4.69, 9.17) is 0 Å². The standard InChI is InChI=1S/C18H30N2/c1-18(2)14-16(19-9-5-3-6-10-19)13-17(15-18)20-11-7-4-8-12-20/h13-14H,3-12,15H2,1-2H3. The summed E-state index contributed by atoms with van der Waals surface area (Å²) in [5.74, 6) is 0. The normalized spacial score (nSPS) is 27.1. The summed E-state index contributed by atoms with van der Waals surface area (Å²) in [6.07, 6.45) is 14.5. The highest BCUT2D eigenvalue weighted by atomic mass is 15.2. The van der Waals surface area contributed by atoms with E-state index in [9.17, 15) is 0 Å². The molecule has 0 N–H and O–H groups in total. The van der Waals surface area contributed by atoms with Crippen LogP contribution in [0.4, 0.5) is 0 Å². The molecule has 0 unspecified atom stereocenters. The Morgan fingerprint density at radius 3 is 1.95 bits per heavy atom. The summed E-state index contributed by atoms with van der Waals surface area (Å²) in [5.41, 5.74) is 3.41. The number of likely N-dealkylation sites (tertiary alicyclic amines) is 2. The smallest absolute Gasteiger partial charge is 0.0348 e. The monoisotopic (exact) mass is 274 g/mol. The Bertz CT molecular complexity index is 394. The van der Waals surface area contributed by atoms with E-state index in [0.29, 0.717) is 5.41 Å². The van der Waals surface area contributed by atoms with Crippen molar-refractivity contribution in [2.75, 3.05) is 26.2 Å². The minimum absolute atomic E-state index is 0.314. The summed E-state index contributed by atoms with van der Waals surface area (Å²) < 4.78 is 0. The topological polar surface area (TPSA) is 6.48 Å². The van der Waals surface area contributed by atoms with Crippen molar-refractivity contribution in [3.05, 3.63) is 23.5 Å². The molecule has 0 spiro atoms. The summed E-state index contributed by atoms with van der Waals surface area (Å²) in [6.45, 7) is 9.85. The third kappa shape index (κ3) is 3.21. The van der Waals surface area contributed by atoms with Gasteiger partial charge in [-0.3, -0.25) is 0 Å². The Morgan fingerprint density at radius 1 is 0.800 bits per heavy atom. The second-order valence-electron chi connectivity index (χ2n) is 7.47. The van der Waals surface area contributed by atoms with Crippen LogP contribution < -0.4 is 0 Å². The summed E-state index contributed by atoms with van der Waals surface area (Å²) in [7, 11) is 0. The fourth-order valence-corrected chi connectivity index (χ4v) is 3.90. The SMILES string of the molecule is CC1(C)C=C(N2CCCCC2)C=C(N2CCCCC2)C1. The van der Waals surface area contributed by atoms with Crippen LogP contribution in [0.1, 0.15) is 58.8 Å². The van der Waals surface area contributed by atoms with Crippen molar-refractivity contribution in [2.24, 2.45) is 5.41 Å². The average Bonchev–Trinajstić information content (AvgIpc) is 2.47. The van der Waals surface area contributed by atoms with Crippen molar-refractivity contribution < 1.29 is 0 Å². The van der Waals surface area contributed by atoms with Gasteiger partial charge in [0, 0.05) is 37.6 Å². The molecular weight excluding hydrogens is 244 g/mol. The van der Waals surface area contributed by atoms with E-state index in [0.717, 1.165) is 0 Å². The fraction of sp³-hybridized carbons (Fsp3) is 0.778. The maximum atomic E-state index is 2.65. The molecule has 1 aliphatic carbocycles. The van der Waals surface area contributed by atoms with Crippen molar-refractivity contribution in [3.8, 4) is 0 Å². The second kappa shape index (κ2) is 5.83. The van der Waals surface area contributed by atoms with Gasteiger partial charge in [-0.25, -0.2) is 0 Å². The Kier molecular flexibility index (Phi) is 4.09. The van der Waals surface area contributed by atoms with Crippen molar-refractivity contribution in [1.82, 2.24) is 9.80 Å². The predicted octanol–water partition coefficient (Wildman–Crippen LogP) is 4.16. The van der Waals surface area contributed by atoms with Gasteiger partial charge in [0.25, 0.3) is 0 Å². The molecule has 2 heteroatoms. The van der Waals surface area contributed by atoms with Crippen LogP contribution in [0.15, 0.2) is 23.5 Å². The molecule has 0 amide bonds. The maximum absolute atomic E-state index is 2.65. The van der Waals surface area contributed by atoms with Crippen LogP contribution in [-0.4, -0.2) is 36.0 Å². The number of hydrogen-bond donors (Lipinski definition) is 0. The van der Waals surface area contributed by atoms with Crippen molar-refractivity contribution in [3.63, 3.8) is 0 Å². The van der Waals surface area contributed by atoms with Crippen LogP contribution in [0.2, 0.25) is 0 Å². The third-order valence-electron chi connectivity index (χ3n) is 4.97. The molecule has 0 aromatic rings. The molecule has 0 saturated carbocycles. The number of piperidine rings is 2. The molecule has 0 bridgehead atoms. The molecule has 0 aromatic carbocycles. The first kappa shape index (κ1) is 14.0. The molecule has 2 nitrogen and oxygen atoms in total. The molecule has 0 radical (unpaired) electrons. The lowest BCUT2D eigenvalue weighted by Crippen LogP contribution is -2.35. The third-order valence-corrected chi connectivity index (χ3v) is 4.97. The van der Waals surface area contributed by atoms with E-state index >= 15 is 0 Å². The van der Waals surface area contributed by atoms with E-state index in [1.54, 1.807) is 5.70 Å². The molecule has 3 rings (SSSR count). The van der Waals surface area contributed by atoms with Crippen LogP contribution in [0.25, 0.3) is 0 Å². The largest absolute Gasteiger partial charge is 0.375 e. The first-order valence-corrected chi connectivity index (χ1v) is 8.57. The Morgan fingerprint density at radius 2 is 1.35 bits per heavy atom. The zero-order chi connectivity index (χ0) is 14.0. The maximum Gasteiger partial charge on any atom is 0.0348 e. The summed E-state index contributed by atoms with van der Waals surface area (Å²) in [4.78, 5) is 5.27. The van der Waals surface area contributed by atoms with Gasteiger partial charge in [-0.15, -0.1) is 0 Å². The van der Waals surface area contributed by atoms with E-state index in [-0.39, 0.29) is 0 Å². The van der Waals surface area contributed by atoms with E-state index in [1.165, 1.54) is 76.8 Å². The number of rotatable bonds is 2. The van der Waals surface area contributed by atoms with Gasteiger partial charge in [0.15, 0.2) is 0 Å². The highest BCUT2D eigenvalue weighted by molar-refractivity contribution is 5.30. The average molecular weight is 274 g/mol. The van der Waals surface area contributed by atoms with Gasteiger partial charge >= 0.3 is 0 Å². The molecule has 112 valence electrons. The quantitative estimate of drug-likeness (QED) is 0.746. The van der Waals surface area contributed by atoms with Crippen LogP contribution in [0.3, 0.4) is 0 Å². The van der Waals surface area contributed by atoms with Crippen LogP contribution >= 0.6 is 0 Å². The summed E-state index contributed by atoms with van der Waals surface area (Å²) in [6, 6.07) is 0. The van der Waals surface area contributed by atoms with Gasteiger partial charge < -0.3 is 9.80 Å². The van der Waals surface area contributed by atoms with Crippen LogP contribution in [-0.2, 0) is 0 Å². The first-order valence-electron chi connectivity index (χ1n) is 8.57. The second-order valence-corrected chi connectivity index (χ2v) is 7.47. The zero-order valence-electron chi connectivity index (χ0n) is 13.3. The lowest BCUT2D eigenvalue weighted by Gasteiger charge is -2.40. The molecule has 20 heavy (non-hydrogen) atoms.